The summed E-state index contributed by atoms with van der Waals surface area (Å²) >= 11 is 6.49. The summed E-state index contributed by atoms with van der Waals surface area (Å²) in [7, 11) is -2.06. The van der Waals surface area contributed by atoms with Crippen LogP contribution in [-0.2, 0) is 13.0 Å². The molecule has 0 aliphatic heterocycles. The molecular formula is C20H18ClN6O3P. The van der Waals surface area contributed by atoms with E-state index in [4.69, 9.17) is 22.1 Å². The van der Waals surface area contributed by atoms with Crippen LogP contribution >= 0.6 is 19.5 Å². The Morgan fingerprint density at radius 2 is 2.06 bits per heavy atom. The standard InChI is InChI=1S/C20H18ClN6O3P/c21-17-13(7-8-30-20-24-18(22)15-10-23-26-19(15)25-20)4-2-6-16(17)27-31(29)14-5-1-3-12(9-14)11-28/h1-6,9-10,28H,7-8,11H2,(H3,22,23,24,25,26). The SMILES string of the molecule is Nc1nc(OCCc2cccc(N=[P+]([O-])c3cccc(CO)c3)c2Cl)nc2[nH]ncc12. The molecule has 1 unspecified atom stereocenters. The second kappa shape index (κ2) is 9.36. The highest BCUT2D eigenvalue weighted by atomic mass is 35.5. The van der Waals surface area contributed by atoms with E-state index in [0.29, 0.717) is 39.0 Å². The van der Waals surface area contributed by atoms with E-state index in [1.807, 2.05) is 6.07 Å². The Hall–Kier alpha value is -3.10. The first-order valence-corrected chi connectivity index (χ1v) is 10.9. The van der Waals surface area contributed by atoms with Crippen LogP contribution in [0.2, 0.25) is 5.02 Å². The van der Waals surface area contributed by atoms with Gasteiger partial charge in [0.15, 0.2) is 11.0 Å². The van der Waals surface area contributed by atoms with Gasteiger partial charge in [-0.05, 0) is 29.3 Å². The summed E-state index contributed by atoms with van der Waals surface area (Å²) in [6, 6.07) is 12.3. The lowest BCUT2D eigenvalue weighted by molar-refractivity contribution is -0.152. The Bertz CT molecular complexity index is 1260. The Morgan fingerprint density at radius 1 is 1.23 bits per heavy atom. The summed E-state index contributed by atoms with van der Waals surface area (Å²) in [5.41, 5.74) is 8.25. The summed E-state index contributed by atoms with van der Waals surface area (Å²) in [5.74, 6) is 0.279. The molecule has 0 fully saturated rings. The van der Waals surface area contributed by atoms with Crippen molar-refractivity contribution in [1.29, 1.82) is 0 Å². The van der Waals surface area contributed by atoms with Crippen LogP contribution in [0, 0.1) is 0 Å². The number of aliphatic hydroxyl groups excluding tert-OH is 1. The second-order valence-electron chi connectivity index (χ2n) is 6.57. The van der Waals surface area contributed by atoms with Gasteiger partial charge in [0, 0.05) is 6.42 Å². The Labute approximate surface area is 183 Å². The molecule has 0 radical (unpaired) electrons. The Morgan fingerprint density at radius 3 is 2.90 bits per heavy atom. The molecule has 158 valence electrons. The van der Waals surface area contributed by atoms with Gasteiger partial charge in [-0.25, -0.2) is 0 Å². The fraction of sp³-hybridized carbons (Fsp3) is 0.150. The number of anilines is 1. The molecule has 0 saturated carbocycles. The van der Waals surface area contributed by atoms with Gasteiger partial charge in [0.25, 0.3) is 0 Å². The number of hydrogen-bond acceptors (Lipinski definition) is 8. The third kappa shape index (κ3) is 4.81. The van der Waals surface area contributed by atoms with Crippen LogP contribution in [0.3, 0.4) is 0 Å². The normalized spacial score (nSPS) is 11.8. The number of benzene rings is 2. The first kappa shape index (κ1) is 21.1. The van der Waals surface area contributed by atoms with Crippen molar-refractivity contribution < 1.29 is 14.7 Å². The number of nitrogens with one attached hydrogen (secondary N) is 1. The molecule has 4 rings (SSSR count). The van der Waals surface area contributed by atoms with E-state index < -0.39 is 7.94 Å². The molecule has 1 atom stereocenters. The molecule has 0 bridgehead atoms. The molecule has 4 aromatic rings. The lowest BCUT2D eigenvalue weighted by Gasteiger charge is -2.08. The van der Waals surface area contributed by atoms with Crippen LogP contribution in [0.4, 0.5) is 11.5 Å². The van der Waals surface area contributed by atoms with Crippen molar-refractivity contribution in [2.45, 2.75) is 13.0 Å². The topological polar surface area (TPSA) is 145 Å². The van der Waals surface area contributed by atoms with Crippen molar-refractivity contribution in [3.8, 4) is 6.01 Å². The fourth-order valence-electron chi connectivity index (χ4n) is 2.92. The first-order chi connectivity index (χ1) is 15.0. The highest BCUT2D eigenvalue weighted by molar-refractivity contribution is 7.48. The van der Waals surface area contributed by atoms with Gasteiger partial charge in [-0.1, -0.05) is 40.6 Å². The van der Waals surface area contributed by atoms with Crippen molar-refractivity contribution >= 4 is 47.4 Å². The third-order valence-electron chi connectivity index (χ3n) is 4.49. The molecular weight excluding hydrogens is 439 g/mol. The van der Waals surface area contributed by atoms with E-state index in [-0.39, 0.29) is 25.0 Å². The molecule has 9 nitrogen and oxygen atoms in total. The van der Waals surface area contributed by atoms with Crippen molar-refractivity contribution in [3.05, 3.63) is 64.8 Å². The minimum atomic E-state index is -2.06. The largest absolute Gasteiger partial charge is 0.607 e. The number of halogens is 1. The van der Waals surface area contributed by atoms with Crippen molar-refractivity contribution in [2.75, 3.05) is 12.3 Å². The van der Waals surface area contributed by atoms with Crippen molar-refractivity contribution in [3.63, 3.8) is 0 Å². The van der Waals surface area contributed by atoms with E-state index >= 15 is 0 Å². The summed E-state index contributed by atoms with van der Waals surface area (Å²) in [6.45, 7) is 0.128. The maximum atomic E-state index is 12.6. The van der Waals surface area contributed by atoms with Crippen LogP contribution in [0.5, 0.6) is 6.01 Å². The number of H-pyrrole nitrogens is 1. The second-order valence-corrected chi connectivity index (χ2v) is 8.21. The molecule has 0 spiro atoms. The maximum Gasteiger partial charge on any atom is 0.320 e. The smallest absolute Gasteiger partial charge is 0.320 e. The van der Waals surface area contributed by atoms with Gasteiger partial charge < -0.3 is 20.5 Å². The third-order valence-corrected chi connectivity index (χ3v) is 6.05. The van der Waals surface area contributed by atoms with Crippen LogP contribution in [-0.4, -0.2) is 31.9 Å². The quantitative estimate of drug-likeness (QED) is 0.362. The van der Waals surface area contributed by atoms with E-state index in [9.17, 15) is 10.00 Å². The number of nitrogen functional groups attached to an aromatic ring is 1. The minimum absolute atomic E-state index is 0.129. The number of aliphatic hydroxyl groups is 1. The summed E-state index contributed by atoms with van der Waals surface area (Å²) in [6.07, 6.45) is 2.01. The summed E-state index contributed by atoms with van der Waals surface area (Å²) in [4.78, 5) is 21.0. The van der Waals surface area contributed by atoms with Gasteiger partial charge in [-0.3, -0.25) is 5.10 Å². The van der Waals surface area contributed by atoms with Gasteiger partial charge in [0.1, 0.15) is 11.5 Å². The minimum Gasteiger partial charge on any atom is -0.607 e. The monoisotopic (exact) mass is 456 g/mol. The number of nitrogens with zero attached hydrogens (tertiary/aromatic N) is 4. The maximum absolute atomic E-state index is 12.6. The van der Waals surface area contributed by atoms with Gasteiger partial charge in [0.05, 0.1) is 29.8 Å². The summed E-state index contributed by atoms with van der Waals surface area (Å²) < 4.78 is 9.89. The number of ether oxygens (including phenoxy) is 1. The first-order valence-electron chi connectivity index (χ1n) is 9.30. The van der Waals surface area contributed by atoms with E-state index in [1.54, 1.807) is 42.6 Å². The van der Waals surface area contributed by atoms with E-state index in [0.717, 1.165) is 5.56 Å². The van der Waals surface area contributed by atoms with Gasteiger partial charge >= 0.3 is 6.01 Å². The molecule has 0 aliphatic carbocycles. The zero-order valence-corrected chi connectivity index (χ0v) is 17.8. The number of hydrogen-bond donors (Lipinski definition) is 3. The molecule has 11 heteroatoms. The molecule has 0 amide bonds. The van der Waals surface area contributed by atoms with Gasteiger partial charge in [0.2, 0.25) is 7.94 Å². The van der Waals surface area contributed by atoms with Crippen molar-refractivity contribution in [1.82, 2.24) is 20.2 Å². The molecule has 2 aromatic carbocycles. The van der Waals surface area contributed by atoms with Crippen molar-refractivity contribution in [2.24, 2.45) is 4.74 Å². The Balaban J connectivity index is 1.48. The fourth-order valence-corrected chi connectivity index (χ4v) is 4.21. The number of fused-ring (bicyclic) bond motifs is 1. The molecule has 2 heterocycles. The highest BCUT2D eigenvalue weighted by Gasteiger charge is 2.13. The molecule has 0 saturated heterocycles. The van der Waals surface area contributed by atoms with Crippen LogP contribution in [0.1, 0.15) is 11.1 Å². The van der Waals surface area contributed by atoms with Gasteiger partial charge in [-0.2, -0.15) is 15.1 Å². The molecule has 2 aromatic heterocycles. The van der Waals surface area contributed by atoms with Crippen LogP contribution < -0.4 is 20.7 Å². The average molecular weight is 457 g/mol. The van der Waals surface area contributed by atoms with Crippen LogP contribution in [0.15, 0.2) is 53.4 Å². The highest BCUT2D eigenvalue weighted by Crippen LogP contribution is 2.33. The molecule has 31 heavy (non-hydrogen) atoms. The van der Waals surface area contributed by atoms with Gasteiger partial charge in [-0.15, -0.1) is 0 Å². The molecule has 4 N–H and O–H groups in total. The predicted octanol–water partition coefficient (Wildman–Crippen LogP) is 2.60. The zero-order valence-electron chi connectivity index (χ0n) is 16.2. The van der Waals surface area contributed by atoms with Crippen LogP contribution in [0.25, 0.3) is 11.0 Å². The van der Waals surface area contributed by atoms with E-state index in [1.165, 1.54) is 0 Å². The number of rotatable bonds is 7. The number of nitrogens with two attached hydrogens (primary N) is 1. The number of aromatic amines is 1. The summed E-state index contributed by atoms with van der Waals surface area (Å²) in [5, 5.41) is 17.4. The Kier molecular flexibility index (Phi) is 6.39. The lowest BCUT2D eigenvalue weighted by Crippen LogP contribution is -2.06. The molecule has 0 aliphatic rings. The zero-order chi connectivity index (χ0) is 21.8. The average Bonchev–Trinajstić information content (AvgIpc) is 3.25. The predicted molar refractivity (Wildman–Crippen MR) is 118 cm³/mol. The van der Waals surface area contributed by atoms with E-state index in [2.05, 4.69) is 24.9 Å². The lowest BCUT2D eigenvalue weighted by atomic mass is 10.1. The number of aromatic nitrogens is 4.